The third-order valence-electron chi connectivity index (χ3n) is 10.7. The van der Waals surface area contributed by atoms with E-state index in [-0.39, 0.29) is 0 Å². The lowest BCUT2D eigenvalue weighted by molar-refractivity contribution is 0.173. The molecule has 1 saturated carbocycles. The van der Waals surface area contributed by atoms with Crippen molar-refractivity contribution in [3.05, 3.63) is 76.9 Å². The highest BCUT2D eigenvalue weighted by Gasteiger charge is 2.24. The Bertz CT molecular complexity index is 1230. The second kappa shape index (κ2) is 14.6. The largest absolute Gasteiger partial charge is 0.493 e. The van der Waals surface area contributed by atoms with Gasteiger partial charge in [-0.1, -0.05) is 123 Å². The smallest absolute Gasteiger partial charge is 0.122 e. The van der Waals surface area contributed by atoms with Crippen molar-refractivity contribution in [2.45, 2.75) is 125 Å². The van der Waals surface area contributed by atoms with Crippen LogP contribution in [0.1, 0.15) is 128 Å². The quantitative estimate of drug-likeness (QED) is 0.205. The average Bonchev–Trinajstić information content (AvgIpc) is 3.03. The number of hydrogen-bond acceptors (Lipinski definition) is 1. The molecule has 1 heteroatoms. The van der Waals surface area contributed by atoms with E-state index in [0.717, 1.165) is 49.9 Å². The lowest BCUT2D eigenvalue weighted by Gasteiger charge is -2.30. The Morgan fingerprint density at radius 3 is 1.80 bits per heavy atom. The van der Waals surface area contributed by atoms with Gasteiger partial charge in [-0.2, -0.15) is 0 Å². The molecule has 0 bridgehead atoms. The molecular formula is C40H56O. The van der Waals surface area contributed by atoms with Gasteiger partial charge in [0.15, 0.2) is 0 Å². The van der Waals surface area contributed by atoms with Crippen molar-refractivity contribution in [1.29, 1.82) is 0 Å². The average molecular weight is 553 g/mol. The molecule has 3 aromatic rings. The molecule has 4 rings (SSSR count). The molecule has 0 radical (unpaired) electrons. The van der Waals surface area contributed by atoms with Gasteiger partial charge >= 0.3 is 0 Å². The highest BCUT2D eigenvalue weighted by atomic mass is 16.5. The standard InChI is InChI=1S/C40H56O/c1-8-30-26-36(35-20-18-34(19-21-35)33-16-14-29(7)15-17-33)22-23-37(30)38-27-32(10-3)39(28-31(38)9-2)41-25-24-40(11-4,12-5)13-6/h18-23,26-29,33H,8-17,24-25H2,1-7H3. The molecule has 0 atom stereocenters. The van der Waals surface area contributed by atoms with E-state index in [2.05, 4.69) is 103 Å². The van der Waals surface area contributed by atoms with Crippen LogP contribution in [0.3, 0.4) is 0 Å². The second-order valence-electron chi connectivity index (χ2n) is 12.8. The fraction of sp³-hybridized carbons (Fsp3) is 0.550. The Labute approximate surface area is 252 Å². The van der Waals surface area contributed by atoms with Crippen LogP contribution in [0, 0.1) is 11.3 Å². The topological polar surface area (TPSA) is 9.23 Å². The van der Waals surface area contributed by atoms with Gasteiger partial charge in [0.25, 0.3) is 0 Å². The van der Waals surface area contributed by atoms with Gasteiger partial charge in [-0.25, -0.2) is 0 Å². The summed E-state index contributed by atoms with van der Waals surface area (Å²) in [6.07, 6.45) is 13.3. The summed E-state index contributed by atoms with van der Waals surface area (Å²) in [6.45, 7) is 17.0. The normalized spacial score (nSPS) is 17.5. The van der Waals surface area contributed by atoms with E-state index in [1.165, 1.54) is 89.5 Å². The first-order valence-electron chi connectivity index (χ1n) is 16.9. The first kappa shape index (κ1) is 31.4. The van der Waals surface area contributed by atoms with Gasteiger partial charge in [0.2, 0.25) is 0 Å². The Hall–Kier alpha value is -2.54. The molecule has 0 amide bonds. The van der Waals surface area contributed by atoms with Crippen LogP contribution in [-0.4, -0.2) is 6.61 Å². The van der Waals surface area contributed by atoms with E-state index in [0.29, 0.717) is 5.41 Å². The maximum absolute atomic E-state index is 6.51. The second-order valence-corrected chi connectivity index (χ2v) is 12.8. The highest BCUT2D eigenvalue weighted by Crippen LogP contribution is 2.39. The van der Waals surface area contributed by atoms with Crippen molar-refractivity contribution < 1.29 is 4.74 Å². The van der Waals surface area contributed by atoms with E-state index in [9.17, 15) is 0 Å². The SMILES string of the molecule is CCc1cc(-c2ccc(-c3ccc(C4CCC(C)CC4)cc3)cc2CC)c(CC)cc1OCCC(CC)(CC)CC. The van der Waals surface area contributed by atoms with Gasteiger partial charge in [0.1, 0.15) is 5.75 Å². The van der Waals surface area contributed by atoms with E-state index in [1.807, 2.05) is 0 Å². The summed E-state index contributed by atoms with van der Waals surface area (Å²) in [4.78, 5) is 0. The summed E-state index contributed by atoms with van der Waals surface area (Å²) in [7, 11) is 0. The molecule has 1 fully saturated rings. The molecule has 0 unspecified atom stereocenters. The molecule has 222 valence electrons. The van der Waals surface area contributed by atoms with Crippen molar-refractivity contribution in [2.75, 3.05) is 6.61 Å². The minimum atomic E-state index is 0.409. The third kappa shape index (κ3) is 7.28. The molecule has 0 spiro atoms. The fourth-order valence-corrected chi connectivity index (χ4v) is 7.15. The Morgan fingerprint density at radius 1 is 0.634 bits per heavy atom. The summed E-state index contributed by atoms with van der Waals surface area (Å²) in [6, 6.07) is 21.4. The molecule has 3 aromatic carbocycles. The van der Waals surface area contributed by atoms with Crippen molar-refractivity contribution in [1.82, 2.24) is 0 Å². The molecule has 41 heavy (non-hydrogen) atoms. The number of hydrogen-bond donors (Lipinski definition) is 0. The van der Waals surface area contributed by atoms with Gasteiger partial charge in [-0.05, 0) is 112 Å². The van der Waals surface area contributed by atoms with Crippen molar-refractivity contribution in [2.24, 2.45) is 11.3 Å². The maximum Gasteiger partial charge on any atom is 0.122 e. The van der Waals surface area contributed by atoms with Crippen LogP contribution < -0.4 is 4.74 Å². The summed E-state index contributed by atoms with van der Waals surface area (Å²) in [5, 5.41) is 0. The fourth-order valence-electron chi connectivity index (χ4n) is 7.15. The Kier molecular flexibility index (Phi) is 11.2. The predicted octanol–water partition coefficient (Wildman–Crippen LogP) is 12.0. The monoisotopic (exact) mass is 552 g/mol. The van der Waals surface area contributed by atoms with Crippen molar-refractivity contribution in [3.63, 3.8) is 0 Å². The lowest BCUT2D eigenvalue weighted by Crippen LogP contribution is -2.21. The first-order valence-corrected chi connectivity index (χ1v) is 16.9. The number of benzene rings is 3. The van der Waals surface area contributed by atoms with Crippen LogP contribution in [0.5, 0.6) is 5.75 Å². The maximum atomic E-state index is 6.51. The molecule has 0 saturated heterocycles. The zero-order chi connectivity index (χ0) is 29.4. The third-order valence-corrected chi connectivity index (χ3v) is 10.7. The number of rotatable bonds is 13. The highest BCUT2D eigenvalue weighted by molar-refractivity contribution is 5.77. The molecule has 0 N–H and O–H groups in total. The number of aryl methyl sites for hydroxylation is 3. The van der Waals surface area contributed by atoms with Gasteiger partial charge in [0.05, 0.1) is 6.61 Å². The van der Waals surface area contributed by atoms with E-state index in [4.69, 9.17) is 4.74 Å². The van der Waals surface area contributed by atoms with Crippen molar-refractivity contribution in [3.8, 4) is 28.0 Å². The van der Waals surface area contributed by atoms with Gasteiger partial charge in [-0.3, -0.25) is 0 Å². The lowest BCUT2D eigenvalue weighted by atomic mass is 9.77. The molecular weight excluding hydrogens is 496 g/mol. The van der Waals surface area contributed by atoms with Gasteiger partial charge in [0, 0.05) is 0 Å². The number of ether oxygens (including phenoxy) is 1. The summed E-state index contributed by atoms with van der Waals surface area (Å²) < 4.78 is 6.51. The minimum absolute atomic E-state index is 0.409. The molecule has 0 heterocycles. The molecule has 0 aliphatic heterocycles. The van der Waals surface area contributed by atoms with E-state index in [1.54, 1.807) is 0 Å². The summed E-state index contributed by atoms with van der Waals surface area (Å²) in [5.41, 5.74) is 11.5. The Balaban J connectivity index is 1.57. The van der Waals surface area contributed by atoms with Crippen molar-refractivity contribution >= 4 is 0 Å². The zero-order valence-corrected chi connectivity index (χ0v) is 27.2. The molecule has 1 aliphatic rings. The van der Waals surface area contributed by atoms with Crippen LogP contribution in [0.2, 0.25) is 0 Å². The van der Waals surface area contributed by atoms with Crippen LogP contribution in [0.4, 0.5) is 0 Å². The summed E-state index contributed by atoms with van der Waals surface area (Å²) in [5.74, 6) is 2.73. The Morgan fingerprint density at radius 2 is 1.22 bits per heavy atom. The molecule has 1 nitrogen and oxygen atoms in total. The van der Waals surface area contributed by atoms with Gasteiger partial charge < -0.3 is 4.74 Å². The van der Waals surface area contributed by atoms with Gasteiger partial charge in [-0.15, -0.1) is 0 Å². The zero-order valence-electron chi connectivity index (χ0n) is 27.2. The van der Waals surface area contributed by atoms with Crippen LogP contribution >= 0.6 is 0 Å². The van der Waals surface area contributed by atoms with E-state index < -0.39 is 0 Å². The van der Waals surface area contributed by atoms with E-state index >= 15 is 0 Å². The van der Waals surface area contributed by atoms with Crippen LogP contribution in [-0.2, 0) is 19.3 Å². The van der Waals surface area contributed by atoms with Crippen LogP contribution in [0.15, 0.2) is 54.6 Å². The predicted molar refractivity (Wildman–Crippen MR) is 179 cm³/mol. The van der Waals surface area contributed by atoms with Crippen LogP contribution in [0.25, 0.3) is 22.3 Å². The molecule has 1 aliphatic carbocycles. The minimum Gasteiger partial charge on any atom is -0.493 e. The summed E-state index contributed by atoms with van der Waals surface area (Å²) >= 11 is 0. The molecule has 0 aromatic heterocycles. The first-order chi connectivity index (χ1) is 19.9.